The summed E-state index contributed by atoms with van der Waals surface area (Å²) in [6.07, 6.45) is 7.00. The number of hydrogen-bond donors (Lipinski definition) is 1. The summed E-state index contributed by atoms with van der Waals surface area (Å²) in [6, 6.07) is 10.3. The van der Waals surface area contributed by atoms with Crippen LogP contribution in [-0.2, 0) is 9.16 Å². The van der Waals surface area contributed by atoms with Crippen LogP contribution in [0.3, 0.4) is 0 Å². The van der Waals surface area contributed by atoms with Gasteiger partial charge in [0.1, 0.15) is 0 Å². The van der Waals surface area contributed by atoms with E-state index in [0.29, 0.717) is 5.92 Å². The molecule has 1 N–H and O–H groups in total. The van der Waals surface area contributed by atoms with Crippen molar-refractivity contribution in [2.45, 2.75) is 132 Å². The topological polar surface area (TPSA) is 47.6 Å². The van der Waals surface area contributed by atoms with Gasteiger partial charge in [-0.2, -0.15) is 0 Å². The number of hydrogen-bond acceptors (Lipinski definition) is 3. The van der Waals surface area contributed by atoms with Crippen LogP contribution < -0.4 is 5.32 Å². The molecule has 1 aliphatic carbocycles. The van der Waals surface area contributed by atoms with Crippen LogP contribution in [-0.4, -0.2) is 36.0 Å². The molecule has 0 bridgehead atoms. The fourth-order valence-electron chi connectivity index (χ4n) is 4.67. The smallest absolute Gasteiger partial charge is 0.408 e. The number of carbonyl (C=O) groups is 1. The SMILES string of the molecule is C[C@H](C[C@H](O[Si](C)(C)C(C)(C)C)[C@H](CC1CCCCC1)NC(=O)OC(C)(C)C(Cl)(Cl)Cl)c1ccccc1. The molecule has 8 heteroatoms. The van der Waals surface area contributed by atoms with Crippen LogP contribution in [0, 0.1) is 5.92 Å². The molecule has 1 aliphatic rings. The van der Waals surface area contributed by atoms with Crippen LogP contribution >= 0.6 is 34.8 Å². The van der Waals surface area contributed by atoms with Gasteiger partial charge in [-0.3, -0.25) is 0 Å². The minimum Gasteiger partial charge on any atom is -0.439 e. The van der Waals surface area contributed by atoms with Crippen molar-refractivity contribution in [3.05, 3.63) is 35.9 Å². The van der Waals surface area contributed by atoms with Crippen LogP contribution in [0.15, 0.2) is 30.3 Å². The summed E-state index contributed by atoms with van der Waals surface area (Å²) in [7, 11) is -2.15. The highest BCUT2D eigenvalue weighted by molar-refractivity contribution is 6.74. The second-order valence-corrected chi connectivity index (χ2v) is 19.9. The zero-order valence-corrected chi connectivity index (χ0v) is 27.3. The Kier molecular flexibility index (Phi) is 11.7. The van der Waals surface area contributed by atoms with E-state index in [1.165, 1.54) is 37.7 Å². The number of amides is 1. The van der Waals surface area contributed by atoms with E-state index in [9.17, 15) is 4.79 Å². The molecule has 212 valence electrons. The Bertz CT molecular complexity index is 846. The average molecular weight is 593 g/mol. The van der Waals surface area contributed by atoms with Crippen molar-refractivity contribution in [3.8, 4) is 0 Å². The fourth-order valence-corrected chi connectivity index (χ4v) is 6.16. The molecule has 0 unspecified atom stereocenters. The molecule has 0 radical (unpaired) electrons. The first-order chi connectivity index (χ1) is 16.9. The van der Waals surface area contributed by atoms with Crippen molar-refractivity contribution in [1.29, 1.82) is 0 Å². The van der Waals surface area contributed by atoms with Gasteiger partial charge in [-0.05, 0) is 62.2 Å². The molecule has 1 saturated carbocycles. The second-order valence-electron chi connectivity index (χ2n) is 12.9. The lowest BCUT2D eigenvalue weighted by molar-refractivity contribution is 0.0301. The van der Waals surface area contributed by atoms with Gasteiger partial charge in [0.25, 0.3) is 0 Å². The highest BCUT2D eigenvalue weighted by Gasteiger charge is 2.45. The third kappa shape index (κ3) is 9.90. The van der Waals surface area contributed by atoms with E-state index < -0.39 is 23.8 Å². The molecule has 0 saturated heterocycles. The lowest BCUT2D eigenvalue weighted by Gasteiger charge is -2.43. The van der Waals surface area contributed by atoms with E-state index in [4.69, 9.17) is 44.0 Å². The number of ether oxygens (including phenoxy) is 1. The molecule has 2 rings (SSSR count). The monoisotopic (exact) mass is 591 g/mol. The number of alkyl carbamates (subject to hydrolysis) is 1. The molecule has 0 aromatic heterocycles. The van der Waals surface area contributed by atoms with E-state index in [1.807, 2.05) is 6.07 Å². The molecular weight excluding hydrogens is 545 g/mol. The van der Waals surface area contributed by atoms with Crippen LogP contribution in [0.25, 0.3) is 0 Å². The molecule has 4 nitrogen and oxygen atoms in total. The maximum Gasteiger partial charge on any atom is 0.408 e. The van der Waals surface area contributed by atoms with Gasteiger partial charge in [-0.1, -0.05) is 125 Å². The molecule has 37 heavy (non-hydrogen) atoms. The van der Waals surface area contributed by atoms with Gasteiger partial charge < -0.3 is 14.5 Å². The van der Waals surface area contributed by atoms with Crippen molar-refractivity contribution >= 4 is 49.2 Å². The number of carbonyl (C=O) groups excluding carboxylic acids is 1. The Hall–Kier alpha value is -0.463. The Labute approximate surface area is 241 Å². The Balaban J connectivity index is 2.38. The van der Waals surface area contributed by atoms with Crippen molar-refractivity contribution in [3.63, 3.8) is 0 Å². The Morgan fingerprint density at radius 3 is 2.11 bits per heavy atom. The lowest BCUT2D eigenvalue weighted by atomic mass is 9.82. The van der Waals surface area contributed by atoms with E-state index in [1.54, 1.807) is 13.8 Å². The summed E-state index contributed by atoms with van der Waals surface area (Å²) in [4.78, 5) is 13.2. The molecule has 1 aromatic rings. The van der Waals surface area contributed by atoms with Crippen LogP contribution in [0.2, 0.25) is 18.1 Å². The number of halogens is 3. The molecule has 0 spiro atoms. The fraction of sp³-hybridized carbons (Fsp3) is 0.759. The molecule has 1 amide bonds. The van der Waals surface area contributed by atoms with Crippen molar-refractivity contribution < 1.29 is 14.0 Å². The van der Waals surface area contributed by atoms with Gasteiger partial charge in [0.05, 0.1) is 12.1 Å². The molecule has 0 aliphatic heterocycles. The van der Waals surface area contributed by atoms with Gasteiger partial charge in [0, 0.05) is 0 Å². The Morgan fingerprint density at radius 2 is 1.59 bits per heavy atom. The summed E-state index contributed by atoms with van der Waals surface area (Å²) in [6.45, 7) is 16.7. The number of rotatable bonds is 10. The summed E-state index contributed by atoms with van der Waals surface area (Å²) >= 11 is 18.3. The van der Waals surface area contributed by atoms with Gasteiger partial charge in [-0.15, -0.1) is 0 Å². The van der Waals surface area contributed by atoms with Crippen molar-refractivity contribution in [1.82, 2.24) is 5.32 Å². The number of nitrogens with one attached hydrogen (secondary N) is 1. The summed E-state index contributed by atoms with van der Waals surface area (Å²) in [5, 5.41) is 3.22. The second kappa shape index (κ2) is 13.3. The molecule has 3 atom stereocenters. The van der Waals surface area contributed by atoms with Crippen molar-refractivity contribution in [2.24, 2.45) is 5.92 Å². The first kappa shape index (κ1) is 32.7. The summed E-state index contributed by atoms with van der Waals surface area (Å²) in [5.74, 6) is 0.804. The van der Waals surface area contributed by atoms with E-state index in [-0.39, 0.29) is 23.1 Å². The lowest BCUT2D eigenvalue weighted by Crippen LogP contribution is -2.54. The van der Waals surface area contributed by atoms with Crippen LogP contribution in [0.5, 0.6) is 0 Å². The predicted octanol–water partition coefficient (Wildman–Crippen LogP) is 9.78. The highest BCUT2D eigenvalue weighted by Crippen LogP contribution is 2.42. The molecule has 1 aromatic carbocycles. The van der Waals surface area contributed by atoms with Gasteiger partial charge in [-0.25, -0.2) is 4.79 Å². The normalized spacial score (nSPS) is 18.7. The zero-order valence-electron chi connectivity index (χ0n) is 24.0. The standard InChI is InChI=1S/C29H48Cl3NO3Si/c1-21(23-17-13-10-14-18-23)19-25(36-37(7,8)27(2,3)4)24(20-22-15-11-9-12-16-22)33-26(34)35-28(5,6)29(30,31)32/h10,13-14,17-18,21-22,24-25H,9,11-12,15-16,19-20H2,1-8H3,(H,33,34)/t21-,24+,25+/m1/s1. The minimum atomic E-state index is -2.15. The molecule has 1 fully saturated rings. The summed E-state index contributed by atoms with van der Waals surface area (Å²) < 4.78 is 11.0. The van der Waals surface area contributed by atoms with E-state index in [2.05, 4.69) is 70.4 Å². The third-order valence-electron chi connectivity index (χ3n) is 8.30. The first-order valence-corrected chi connectivity index (χ1v) is 17.8. The van der Waals surface area contributed by atoms with Crippen LogP contribution in [0.1, 0.15) is 98.0 Å². The molecular formula is C29H48Cl3NO3Si. The van der Waals surface area contributed by atoms with E-state index in [0.717, 1.165) is 12.8 Å². The average Bonchev–Trinajstić information content (AvgIpc) is 2.77. The molecule has 0 heterocycles. The largest absolute Gasteiger partial charge is 0.439 e. The number of alkyl halides is 3. The van der Waals surface area contributed by atoms with Crippen LogP contribution in [0.4, 0.5) is 4.79 Å². The van der Waals surface area contributed by atoms with Gasteiger partial charge in [0.15, 0.2) is 13.9 Å². The maximum atomic E-state index is 13.2. The quantitative estimate of drug-likeness (QED) is 0.217. The van der Waals surface area contributed by atoms with E-state index >= 15 is 0 Å². The van der Waals surface area contributed by atoms with Gasteiger partial charge in [0.2, 0.25) is 3.79 Å². The number of benzene rings is 1. The highest BCUT2D eigenvalue weighted by atomic mass is 35.6. The van der Waals surface area contributed by atoms with Crippen molar-refractivity contribution in [2.75, 3.05) is 0 Å². The maximum absolute atomic E-state index is 13.2. The third-order valence-corrected chi connectivity index (χ3v) is 14.2. The predicted molar refractivity (Wildman–Crippen MR) is 161 cm³/mol. The zero-order chi connectivity index (χ0) is 28.1. The Morgan fingerprint density at radius 1 is 1.03 bits per heavy atom. The minimum absolute atomic E-state index is 0.0363. The summed E-state index contributed by atoms with van der Waals surface area (Å²) in [5.41, 5.74) is -0.0211. The van der Waals surface area contributed by atoms with Gasteiger partial charge >= 0.3 is 6.09 Å². The first-order valence-electron chi connectivity index (χ1n) is 13.7.